The van der Waals surface area contributed by atoms with E-state index in [0.29, 0.717) is 5.69 Å². The highest BCUT2D eigenvalue weighted by Crippen LogP contribution is 2.44. The summed E-state index contributed by atoms with van der Waals surface area (Å²) >= 11 is 0. The number of benzene rings is 1. The Hall–Kier alpha value is -1.49. The minimum absolute atomic E-state index is 0.124. The topological polar surface area (TPSA) is 49.4 Å². The third-order valence-electron chi connectivity index (χ3n) is 3.21. The van der Waals surface area contributed by atoms with Crippen molar-refractivity contribution < 1.29 is 8.42 Å². The van der Waals surface area contributed by atoms with Crippen molar-refractivity contribution >= 4 is 21.6 Å². The molecule has 1 N–H and O–H groups in total. The minimum atomic E-state index is -3.43. The number of aryl methyl sites for hydroxylation is 1. The van der Waals surface area contributed by atoms with Crippen LogP contribution < -0.4 is 9.03 Å². The Balaban J connectivity index is 2.18. The first kappa shape index (κ1) is 10.7. The van der Waals surface area contributed by atoms with E-state index in [1.54, 1.807) is 12.1 Å². The molecule has 17 heavy (non-hydrogen) atoms. The second kappa shape index (κ2) is 3.50. The third kappa shape index (κ3) is 1.45. The highest BCUT2D eigenvalue weighted by atomic mass is 32.2. The molecule has 0 aliphatic carbocycles. The normalized spacial score (nSPS) is 24.0. The summed E-state index contributed by atoms with van der Waals surface area (Å²) < 4.78 is 28.2. The Kier molecular flexibility index (Phi) is 2.19. The van der Waals surface area contributed by atoms with Crippen LogP contribution in [0, 0.1) is 6.42 Å². The molecule has 0 bridgehead atoms. The fourth-order valence-electron chi connectivity index (χ4n) is 2.54. The average Bonchev–Trinajstić information content (AvgIpc) is 2.56. The van der Waals surface area contributed by atoms with Crippen LogP contribution in [0.2, 0.25) is 0 Å². The van der Waals surface area contributed by atoms with Crippen LogP contribution in [0.15, 0.2) is 30.9 Å². The molecule has 1 aromatic rings. The van der Waals surface area contributed by atoms with Crippen molar-refractivity contribution in [2.45, 2.75) is 18.9 Å². The summed E-state index contributed by atoms with van der Waals surface area (Å²) in [6.45, 7) is 3.65. The number of rotatable bonds is 2. The van der Waals surface area contributed by atoms with Gasteiger partial charge in [-0.25, -0.2) is 4.31 Å². The fourth-order valence-corrected chi connectivity index (χ4v) is 4.07. The molecule has 0 spiro atoms. The summed E-state index contributed by atoms with van der Waals surface area (Å²) in [4.78, 5) is 0. The largest absolute Gasteiger partial charge is 0.324 e. The van der Waals surface area contributed by atoms with Crippen molar-refractivity contribution in [1.29, 1.82) is 0 Å². The molecular formula is C12H13N2O2S. The van der Waals surface area contributed by atoms with E-state index < -0.39 is 10.2 Å². The molecule has 1 atom stereocenters. The van der Waals surface area contributed by atoms with Crippen molar-refractivity contribution in [3.05, 3.63) is 42.8 Å². The lowest BCUT2D eigenvalue weighted by Crippen LogP contribution is -2.42. The number of para-hydroxylation sites is 1. The van der Waals surface area contributed by atoms with Crippen LogP contribution in [0.5, 0.6) is 0 Å². The average molecular weight is 249 g/mol. The van der Waals surface area contributed by atoms with Gasteiger partial charge in [0.05, 0.1) is 17.4 Å². The Labute approximate surface area is 101 Å². The van der Waals surface area contributed by atoms with Crippen LogP contribution in [0.1, 0.15) is 12.0 Å². The van der Waals surface area contributed by atoms with Gasteiger partial charge in [-0.1, -0.05) is 18.2 Å². The molecule has 1 unspecified atom stereocenters. The summed E-state index contributed by atoms with van der Waals surface area (Å²) in [6, 6.07) is 5.55. The molecule has 3 rings (SSSR count). The number of nitrogens with one attached hydrogen (secondary N) is 1. The van der Waals surface area contributed by atoms with Gasteiger partial charge < -0.3 is 0 Å². The summed E-state index contributed by atoms with van der Waals surface area (Å²) in [6.07, 6.45) is 5.19. The molecule has 2 aliphatic rings. The first-order valence-electron chi connectivity index (χ1n) is 5.53. The summed E-state index contributed by atoms with van der Waals surface area (Å²) in [5.74, 6) is 0. The van der Waals surface area contributed by atoms with Gasteiger partial charge in [0.15, 0.2) is 0 Å². The van der Waals surface area contributed by atoms with E-state index >= 15 is 0 Å². The monoisotopic (exact) mass is 249 g/mol. The Bertz CT molecular complexity index is 580. The Morgan fingerprint density at radius 3 is 3.06 bits per heavy atom. The predicted molar refractivity (Wildman–Crippen MR) is 68.1 cm³/mol. The van der Waals surface area contributed by atoms with E-state index in [-0.39, 0.29) is 6.04 Å². The van der Waals surface area contributed by atoms with Gasteiger partial charge in [-0.05, 0) is 24.5 Å². The molecule has 2 aliphatic heterocycles. The molecule has 0 amide bonds. The highest BCUT2D eigenvalue weighted by molar-refractivity contribution is 7.94. The van der Waals surface area contributed by atoms with Gasteiger partial charge in [-0.15, -0.1) is 6.58 Å². The summed E-state index contributed by atoms with van der Waals surface area (Å²) in [7, 11) is -3.43. The maximum absolute atomic E-state index is 12.1. The smallest absolute Gasteiger partial charge is 0.264 e. The number of anilines is 2. The molecule has 89 valence electrons. The van der Waals surface area contributed by atoms with E-state index in [1.165, 1.54) is 4.31 Å². The van der Waals surface area contributed by atoms with E-state index in [1.807, 2.05) is 18.6 Å². The Morgan fingerprint density at radius 1 is 1.47 bits per heavy atom. The van der Waals surface area contributed by atoms with Crippen LogP contribution in [0.3, 0.4) is 0 Å². The zero-order valence-corrected chi connectivity index (χ0v) is 10.1. The molecule has 1 radical (unpaired) electrons. The zero-order chi connectivity index (χ0) is 12.0. The maximum Gasteiger partial charge on any atom is 0.324 e. The van der Waals surface area contributed by atoms with E-state index in [4.69, 9.17) is 0 Å². The van der Waals surface area contributed by atoms with E-state index in [9.17, 15) is 8.42 Å². The highest BCUT2D eigenvalue weighted by Gasteiger charge is 2.41. The lowest BCUT2D eigenvalue weighted by Gasteiger charge is -2.32. The second-order valence-electron chi connectivity index (χ2n) is 4.25. The van der Waals surface area contributed by atoms with Crippen LogP contribution >= 0.6 is 0 Å². The van der Waals surface area contributed by atoms with Crippen molar-refractivity contribution in [3.63, 3.8) is 0 Å². The molecule has 1 aromatic carbocycles. The second-order valence-corrected chi connectivity index (χ2v) is 5.80. The number of hydrogen-bond donors (Lipinski definition) is 1. The summed E-state index contributed by atoms with van der Waals surface area (Å²) in [5, 5.41) is 0. The van der Waals surface area contributed by atoms with Gasteiger partial charge in [0.25, 0.3) is 0 Å². The van der Waals surface area contributed by atoms with Gasteiger partial charge in [0.2, 0.25) is 0 Å². The first-order valence-corrected chi connectivity index (χ1v) is 6.97. The van der Waals surface area contributed by atoms with Crippen molar-refractivity contribution in [2.75, 3.05) is 9.03 Å². The van der Waals surface area contributed by atoms with Gasteiger partial charge in [-0.2, -0.15) is 8.42 Å². The fraction of sp³-hybridized carbons (Fsp3) is 0.250. The predicted octanol–water partition coefficient (Wildman–Crippen LogP) is 1.87. The van der Waals surface area contributed by atoms with E-state index in [2.05, 4.69) is 11.3 Å². The maximum atomic E-state index is 12.1. The van der Waals surface area contributed by atoms with Crippen molar-refractivity contribution in [1.82, 2.24) is 0 Å². The molecule has 2 heterocycles. The van der Waals surface area contributed by atoms with Gasteiger partial charge >= 0.3 is 10.2 Å². The molecule has 0 aromatic heterocycles. The molecule has 0 saturated heterocycles. The molecule has 5 heteroatoms. The van der Waals surface area contributed by atoms with Gasteiger partial charge in [0.1, 0.15) is 0 Å². The lowest BCUT2D eigenvalue weighted by atomic mass is 9.95. The van der Waals surface area contributed by atoms with Crippen LogP contribution in [-0.2, 0) is 16.6 Å². The van der Waals surface area contributed by atoms with Gasteiger partial charge in [0, 0.05) is 6.42 Å². The molecule has 4 nitrogen and oxygen atoms in total. The molecular weight excluding hydrogens is 236 g/mol. The van der Waals surface area contributed by atoms with Crippen molar-refractivity contribution in [3.8, 4) is 0 Å². The molecule has 0 saturated carbocycles. The SMILES string of the molecule is C=C[CH]C1CCc2cccc3c2N1S(=O)(=O)N3. The minimum Gasteiger partial charge on any atom is -0.264 e. The van der Waals surface area contributed by atoms with E-state index in [0.717, 1.165) is 24.1 Å². The number of nitrogens with zero attached hydrogens (tertiary/aromatic N) is 1. The van der Waals surface area contributed by atoms with Crippen LogP contribution in [0.25, 0.3) is 0 Å². The van der Waals surface area contributed by atoms with Crippen LogP contribution in [0.4, 0.5) is 11.4 Å². The first-order chi connectivity index (χ1) is 8.13. The molecule has 0 fully saturated rings. The zero-order valence-electron chi connectivity index (χ0n) is 9.26. The number of hydrogen-bond acceptors (Lipinski definition) is 2. The quantitative estimate of drug-likeness (QED) is 0.870. The lowest BCUT2D eigenvalue weighted by molar-refractivity contribution is 0.579. The summed E-state index contributed by atoms with van der Waals surface area (Å²) in [5.41, 5.74) is 2.58. The Morgan fingerprint density at radius 2 is 2.29 bits per heavy atom. The van der Waals surface area contributed by atoms with Crippen LogP contribution in [-0.4, -0.2) is 14.5 Å². The van der Waals surface area contributed by atoms with Crippen molar-refractivity contribution in [2.24, 2.45) is 0 Å². The third-order valence-corrected chi connectivity index (χ3v) is 4.66. The van der Waals surface area contributed by atoms with Gasteiger partial charge in [-0.3, -0.25) is 4.72 Å². The standard InChI is InChI=1S/C12H13N2O2S/c1-2-4-10-8-7-9-5-3-6-11-12(9)14(10)17(15,16)13-11/h2-6,10,13H,1,7-8H2.